The number of rotatable bonds is 1. The summed E-state index contributed by atoms with van der Waals surface area (Å²) in [5.41, 5.74) is 6.92. The third-order valence-electron chi connectivity index (χ3n) is 1.37. The molecule has 4 N–H and O–H groups in total. The van der Waals surface area contributed by atoms with Gasteiger partial charge >= 0.3 is 5.51 Å². The molecule has 1 rings (SSSR count). The topological polar surface area (TPSA) is 52.0 Å². The Hall–Kier alpha value is -0.560. The van der Waals surface area contributed by atoms with E-state index in [1.165, 1.54) is 12.1 Å². The molecular formula is C7H6BrF3N2S. The fraction of sp³-hybridized carbons (Fsp3) is 0.143. The van der Waals surface area contributed by atoms with Crippen LogP contribution in [0, 0.1) is 0 Å². The Morgan fingerprint density at radius 3 is 2.21 bits per heavy atom. The van der Waals surface area contributed by atoms with Gasteiger partial charge in [0.2, 0.25) is 0 Å². The van der Waals surface area contributed by atoms with Crippen molar-refractivity contribution in [2.45, 2.75) is 10.4 Å². The lowest BCUT2D eigenvalue weighted by Gasteiger charge is -2.08. The van der Waals surface area contributed by atoms with Gasteiger partial charge in [-0.1, -0.05) is 0 Å². The minimum Gasteiger partial charge on any atom is -0.397 e. The maximum absolute atomic E-state index is 12.0. The molecule has 14 heavy (non-hydrogen) atoms. The Bertz CT molecular complexity index is 330. The Morgan fingerprint density at radius 2 is 1.79 bits per heavy atom. The Morgan fingerprint density at radius 1 is 1.21 bits per heavy atom. The van der Waals surface area contributed by atoms with Crippen LogP contribution in [0.25, 0.3) is 0 Å². The molecule has 78 valence electrons. The molecule has 0 bridgehead atoms. The molecule has 0 aliphatic carbocycles. The number of nitrogens with two attached hydrogens (primary N) is 2. The molecule has 0 saturated heterocycles. The number of benzene rings is 1. The molecule has 0 fully saturated rings. The van der Waals surface area contributed by atoms with E-state index in [2.05, 4.69) is 15.9 Å². The SMILES string of the molecule is Nc1cc(SC(F)(F)F)cc(Br)c1N. The summed E-state index contributed by atoms with van der Waals surface area (Å²) in [6.07, 6.45) is 0. The number of alkyl halides is 3. The van der Waals surface area contributed by atoms with Crippen molar-refractivity contribution in [3.63, 3.8) is 0 Å². The molecule has 0 unspecified atom stereocenters. The van der Waals surface area contributed by atoms with Crippen molar-refractivity contribution in [1.29, 1.82) is 0 Å². The molecular weight excluding hydrogens is 281 g/mol. The predicted molar refractivity (Wildman–Crippen MR) is 54.9 cm³/mol. The summed E-state index contributed by atoms with van der Waals surface area (Å²) in [5, 5.41) is 0. The van der Waals surface area contributed by atoms with Crippen LogP contribution in [0.4, 0.5) is 24.5 Å². The Kier molecular flexibility index (Phi) is 3.20. The smallest absolute Gasteiger partial charge is 0.397 e. The fourth-order valence-electron chi connectivity index (χ4n) is 0.806. The lowest BCUT2D eigenvalue weighted by atomic mass is 10.3. The summed E-state index contributed by atoms with van der Waals surface area (Å²) in [7, 11) is 0. The Labute approximate surface area is 91.0 Å². The van der Waals surface area contributed by atoms with Crippen LogP contribution < -0.4 is 11.5 Å². The van der Waals surface area contributed by atoms with E-state index < -0.39 is 5.51 Å². The van der Waals surface area contributed by atoms with Crippen LogP contribution in [0.3, 0.4) is 0 Å². The van der Waals surface area contributed by atoms with Crippen molar-refractivity contribution in [3.8, 4) is 0 Å². The van der Waals surface area contributed by atoms with Crippen LogP contribution in [-0.2, 0) is 0 Å². The van der Waals surface area contributed by atoms with E-state index in [0.717, 1.165) is 0 Å². The first kappa shape index (κ1) is 11.5. The standard InChI is InChI=1S/C7H6BrF3N2S/c8-4-1-3(14-7(9,10)11)2-5(12)6(4)13/h1-2H,12-13H2. The molecule has 0 aromatic heterocycles. The summed E-state index contributed by atoms with van der Waals surface area (Å²) in [6, 6.07) is 2.47. The molecule has 0 heterocycles. The van der Waals surface area contributed by atoms with Crippen molar-refractivity contribution >= 4 is 39.1 Å². The second-order valence-corrected chi connectivity index (χ2v) is 4.45. The summed E-state index contributed by atoms with van der Waals surface area (Å²) < 4.78 is 36.3. The van der Waals surface area contributed by atoms with E-state index in [9.17, 15) is 13.2 Å². The quantitative estimate of drug-likeness (QED) is 0.616. The minimum absolute atomic E-state index is 0.0103. The maximum Gasteiger partial charge on any atom is 0.446 e. The zero-order chi connectivity index (χ0) is 10.9. The van der Waals surface area contributed by atoms with E-state index >= 15 is 0 Å². The van der Waals surface area contributed by atoms with E-state index in [1.54, 1.807) is 0 Å². The molecule has 0 amide bonds. The van der Waals surface area contributed by atoms with Gasteiger partial charge in [-0.2, -0.15) is 13.2 Å². The maximum atomic E-state index is 12.0. The molecule has 1 aromatic carbocycles. The van der Waals surface area contributed by atoms with Gasteiger partial charge in [0.1, 0.15) is 0 Å². The first-order chi connectivity index (χ1) is 6.29. The van der Waals surface area contributed by atoms with E-state index in [1.807, 2.05) is 0 Å². The molecule has 0 radical (unpaired) electrons. The van der Waals surface area contributed by atoms with Crippen molar-refractivity contribution in [2.75, 3.05) is 11.5 Å². The van der Waals surface area contributed by atoms with Crippen molar-refractivity contribution in [1.82, 2.24) is 0 Å². The average molecular weight is 287 g/mol. The molecule has 1 aromatic rings. The van der Waals surface area contributed by atoms with E-state index in [-0.39, 0.29) is 28.0 Å². The van der Waals surface area contributed by atoms with Crippen LogP contribution >= 0.6 is 27.7 Å². The highest BCUT2D eigenvalue weighted by molar-refractivity contribution is 9.10. The van der Waals surface area contributed by atoms with Gasteiger partial charge in [-0.25, -0.2) is 0 Å². The molecule has 0 aliphatic heterocycles. The second-order valence-electron chi connectivity index (χ2n) is 2.46. The van der Waals surface area contributed by atoms with Crippen LogP contribution in [0.5, 0.6) is 0 Å². The van der Waals surface area contributed by atoms with Crippen LogP contribution in [-0.4, -0.2) is 5.51 Å². The summed E-state index contributed by atoms with van der Waals surface area (Å²) in [6.45, 7) is 0. The van der Waals surface area contributed by atoms with Gasteiger partial charge < -0.3 is 11.5 Å². The summed E-state index contributed by atoms with van der Waals surface area (Å²) in [4.78, 5) is 0.0103. The predicted octanol–water partition coefficient (Wildman–Crippen LogP) is 3.23. The molecule has 2 nitrogen and oxygen atoms in total. The van der Waals surface area contributed by atoms with Crippen molar-refractivity contribution in [2.24, 2.45) is 0 Å². The number of nitrogen functional groups attached to an aromatic ring is 2. The monoisotopic (exact) mass is 286 g/mol. The molecule has 0 atom stereocenters. The normalized spacial score (nSPS) is 11.7. The largest absolute Gasteiger partial charge is 0.446 e. The highest BCUT2D eigenvalue weighted by atomic mass is 79.9. The third kappa shape index (κ3) is 2.98. The zero-order valence-corrected chi connectivity index (χ0v) is 9.13. The highest BCUT2D eigenvalue weighted by Crippen LogP contribution is 2.40. The van der Waals surface area contributed by atoms with Gasteiger partial charge in [-0.15, -0.1) is 0 Å². The number of halogens is 4. The number of anilines is 2. The highest BCUT2D eigenvalue weighted by Gasteiger charge is 2.29. The van der Waals surface area contributed by atoms with Gasteiger partial charge in [0.05, 0.1) is 11.4 Å². The van der Waals surface area contributed by atoms with Crippen LogP contribution in [0.15, 0.2) is 21.5 Å². The average Bonchev–Trinajstić information content (AvgIpc) is 1.96. The lowest BCUT2D eigenvalue weighted by Crippen LogP contribution is -2.01. The first-order valence-electron chi connectivity index (χ1n) is 3.40. The van der Waals surface area contributed by atoms with Gasteiger partial charge in [-0.05, 0) is 39.8 Å². The summed E-state index contributed by atoms with van der Waals surface area (Å²) >= 11 is 2.79. The Balaban J connectivity index is 3.02. The first-order valence-corrected chi connectivity index (χ1v) is 5.01. The van der Waals surface area contributed by atoms with Crippen molar-refractivity contribution < 1.29 is 13.2 Å². The summed E-state index contributed by atoms with van der Waals surface area (Å²) in [5.74, 6) is 0. The van der Waals surface area contributed by atoms with E-state index in [4.69, 9.17) is 11.5 Å². The fourth-order valence-corrected chi connectivity index (χ4v) is 2.06. The van der Waals surface area contributed by atoms with Gasteiger partial charge in [0, 0.05) is 9.37 Å². The molecule has 0 spiro atoms. The molecule has 7 heteroatoms. The van der Waals surface area contributed by atoms with Crippen molar-refractivity contribution in [3.05, 3.63) is 16.6 Å². The molecule has 0 saturated carbocycles. The van der Waals surface area contributed by atoms with Gasteiger partial charge in [0.25, 0.3) is 0 Å². The third-order valence-corrected chi connectivity index (χ3v) is 2.73. The van der Waals surface area contributed by atoms with Crippen LogP contribution in [0.2, 0.25) is 0 Å². The number of hydrogen-bond donors (Lipinski definition) is 2. The second kappa shape index (κ2) is 3.90. The molecule has 0 aliphatic rings. The van der Waals surface area contributed by atoms with Crippen LogP contribution in [0.1, 0.15) is 0 Å². The minimum atomic E-state index is -4.32. The lowest BCUT2D eigenvalue weighted by molar-refractivity contribution is -0.0328. The number of thioether (sulfide) groups is 1. The van der Waals surface area contributed by atoms with Gasteiger partial charge in [0.15, 0.2) is 0 Å². The van der Waals surface area contributed by atoms with Gasteiger partial charge in [-0.3, -0.25) is 0 Å². The zero-order valence-electron chi connectivity index (χ0n) is 6.73. The van der Waals surface area contributed by atoms with E-state index in [0.29, 0.717) is 4.47 Å². The number of hydrogen-bond acceptors (Lipinski definition) is 3.